The number of aromatic nitrogens is 2. The van der Waals surface area contributed by atoms with E-state index in [1.807, 2.05) is 20.0 Å². The van der Waals surface area contributed by atoms with E-state index in [4.69, 9.17) is 13.9 Å². The molecule has 1 fully saturated rings. The fourth-order valence-corrected chi connectivity index (χ4v) is 5.28. The number of β-amino-alcohol motifs (C(OH)–C–C–N with tert-alkyl or cyclic N) is 1. The summed E-state index contributed by atoms with van der Waals surface area (Å²) in [7, 11) is 1.86. The van der Waals surface area contributed by atoms with Gasteiger partial charge in [-0.25, -0.2) is 4.98 Å². The summed E-state index contributed by atoms with van der Waals surface area (Å²) in [6, 6.07) is 7.88. The molecular formula is C32H46N6O5. The van der Waals surface area contributed by atoms with Gasteiger partial charge >= 0.3 is 0 Å². The highest BCUT2D eigenvalue weighted by molar-refractivity contribution is 5.95. The lowest BCUT2D eigenvalue weighted by Gasteiger charge is -2.31. The van der Waals surface area contributed by atoms with Crippen molar-refractivity contribution in [2.75, 3.05) is 45.2 Å². The number of aliphatic hydroxyl groups excluding tert-OH is 1. The zero-order chi connectivity index (χ0) is 29.5. The first-order valence-corrected chi connectivity index (χ1v) is 14.8. The second-order valence-electron chi connectivity index (χ2n) is 11.1. The Labute approximate surface area is 254 Å². The van der Waals surface area contributed by atoms with Crippen LogP contribution in [-0.2, 0) is 19.6 Å². The lowest BCUT2D eigenvalue weighted by molar-refractivity contribution is 0.0841. The third-order valence-corrected chi connectivity index (χ3v) is 8.01. The molecule has 1 saturated carbocycles. The zero-order valence-corrected chi connectivity index (χ0v) is 24.7. The van der Waals surface area contributed by atoms with Gasteiger partial charge in [0.2, 0.25) is 5.88 Å². The minimum atomic E-state index is -0.704. The highest BCUT2D eigenvalue weighted by Gasteiger charge is 2.23. The number of amides is 1. The quantitative estimate of drug-likeness (QED) is 0.205. The number of aryl methyl sites for hydroxylation is 1. The van der Waals surface area contributed by atoms with E-state index in [2.05, 4.69) is 43.8 Å². The molecule has 1 aliphatic carbocycles. The number of fused-ring (bicyclic) bond motifs is 1. The molecule has 1 aliphatic heterocycles. The van der Waals surface area contributed by atoms with Crippen LogP contribution in [0, 0.1) is 13.8 Å². The van der Waals surface area contributed by atoms with Crippen molar-refractivity contribution in [2.24, 2.45) is 0 Å². The van der Waals surface area contributed by atoms with Gasteiger partial charge in [-0.1, -0.05) is 13.5 Å². The normalized spacial score (nSPS) is 15.5. The smallest absolute Gasteiger partial charge is 0.251 e. The Morgan fingerprint density at radius 1 is 1.23 bits per heavy atom. The summed E-state index contributed by atoms with van der Waals surface area (Å²) in [6.07, 6.45) is 4.99. The van der Waals surface area contributed by atoms with Crippen LogP contribution in [0.2, 0.25) is 0 Å². The molecule has 0 bridgehead atoms. The molecule has 0 saturated heterocycles. The molecule has 43 heavy (non-hydrogen) atoms. The molecule has 0 unspecified atom stereocenters. The number of likely N-dealkylation sites (N-methyl/N-ethyl adjacent to an activating group) is 1. The fraction of sp³-hybridized carbons (Fsp3) is 0.531. The summed E-state index contributed by atoms with van der Waals surface area (Å²) >= 11 is 0. The lowest BCUT2D eigenvalue weighted by atomic mass is 9.93. The lowest BCUT2D eigenvalue weighted by Crippen LogP contribution is -2.42. The predicted molar refractivity (Wildman–Crippen MR) is 166 cm³/mol. The topological polar surface area (TPSA) is 134 Å². The van der Waals surface area contributed by atoms with Gasteiger partial charge < -0.3 is 34.9 Å². The van der Waals surface area contributed by atoms with Crippen molar-refractivity contribution in [1.29, 1.82) is 0 Å². The number of anilines is 1. The summed E-state index contributed by atoms with van der Waals surface area (Å²) < 4.78 is 17.2. The molecular weight excluding hydrogens is 548 g/mol. The Morgan fingerprint density at radius 2 is 2.07 bits per heavy atom. The molecule has 11 heteroatoms. The Balaban J connectivity index is 0.00000423. The predicted octanol–water partition coefficient (Wildman–Crippen LogP) is 3.61. The number of benzene rings is 1. The van der Waals surface area contributed by atoms with E-state index in [0.717, 1.165) is 55.1 Å². The second-order valence-corrected chi connectivity index (χ2v) is 11.1. The van der Waals surface area contributed by atoms with Crippen LogP contribution in [0.5, 0.6) is 11.6 Å². The van der Waals surface area contributed by atoms with Gasteiger partial charge in [0.15, 0.2) is 12.2 Å². The van der Waals surface area contributed by atoms with Crippen LogP contribution in [0.25, 0.3) is 0 Å². The fourth-order valence-electron chi connectivity index (χ4n) is 5.28. The minimum Gasteiger partial charge on any atom is -0.485 e. The largest absolute Gasteiger partial charge is 0.485 e. The van der Waals surface area contributed by atoms with Crippen LogP contribution in [0.3, 0.4) is 0 Å². The van der Waals surface area contributed by atoms with Gasteiger partial charge in [-0.15, -0.1) is 0 Å². The Hall–Kier alpha value is -3.67. The van der Waals surface area contributed by atoms with Gasteiger partial charge in [-0.3, -0.25) is 9.69 Å². The van der Waals surface area contributed by atoms with Gasteiger partial charge in [0.1, 0.15) is 24.8 Å². The maximum absolute atomic E-state index is 13.0. The molecule has 0 radical (unpaired) electrons. The van der Waals surface area contributed by atoms with Gasteiger partial charge in [-0.05, 0) is 75.4 Å². The van der Waals surface area contributed by atoms with E-state index in [1.54, 1.807) is 12.1 Å². The third-order valence-electron chi connectivity index (χ3n) is 8.01. The van der Waals surface area contributed by atoms with Crippen molar-refractivity contribution in [3.05, 3.63) is 64.4 Å². The SMILES string of the molecule is C.CNCCOc1cc(C(=O)NC[C@H](O)CN2CCc3c(ccc(OCc4ocnc4C)c3C)C2)cc(NC2CCC2)n1. The molecule has 2 aliphatic rings. The average Bonchev–Trinajstić information content (AvgIpc) is 3.37. The summed E-state index contributed by atoms with van der Waals surface area (Å²) in [6.45, 7) is 7.62. The van der Waals surface area contributed by atoms with E-state index in [9.17, 15) is 9.90 Å². The number of nitrogens with zero attached hydrogens (tertiary/aromatic N) is 3. The van der Waals surface area contributed by atoms with Crippen molar-refractivity contribution in [3.8, 4) is 11.6 Å². The van der Waals surface area contributed by atoms with Gasteiger partial charge in [0, 0.05) is 50.4 Å². The number of hydrogen-bond acceptors (Lipinski definition) is 10. The Kier molecular flexibility index (Phi) is 11.4. The summed E-state index contributed by atoms with van der Waals surface area (Å²) in [5, 5.41) is 20.1. The van der Waals surface area contributed by atoms with E-state index >= 15 is 0 Å². The number of hydrogen-bond donors (Lipinski definition) is 4. The molecule has 234 valence electrons. The molecule has 1 amide bonds. The number of carbonyl (C=O) groups excluding carboxylic acids is 1. The van der Waals surface area contributed by atoms with Gasteiger partial charge in [-0.2, -0.15) is 4.98 Å². The van der Waals surface area contributed by atoms with Crippen molar-refractivity contribution in [3.63, 3.8) is 0 Å². The first kappa shape index (κ1) is 32.2. The third kappa shape index (κ3) is 8.46. The number of oxazole rings is 1. The summed E-state index contributed by atoms with van der Waals surface area (Å²) in [4.78, 5) is 23.9. The standard InChI is InChI=1S/C31H42N6O5.CH4/c1-20-26-9-11-37(16-22(26)7-8-27(20)41-18-28-21(2)34-19-42-28)17-25(38)15-33-31(39)23-13-29(35-24-5-4-6-24)36-30(14-23)40-12-10-32-3;/h7-8,13-14,19,24-25,32,38H,4-6,9-12,15-18H2,1-3H3,(H,33,39)(H,35,36);1H4/t25-;/m0./s1. The molecule has 1 atom stereocenters. The molecule has 5 rings (SSSR count). The van der Waals surface area contributed by atoms with Crippen LogP contribution in [0.1, 0.15) is 65.2 Å². The first-order chi connectivity index (χ1) is 20.4. The van der Waals surface area contributed by atoms with Gasteiger partial charge in [0.25, 0.3) is 5.91 Å². The first-order valence-electron chi connectivity index (χ1n) is 14.8. The maximum atomic E-state index is 13.0. The average molecular weight is 595 g/mol. The number of pyridine rings is 1. The number of ether oxygens (including phenoxy) is 2. The Bertz CT molecular complexity index is 1360. The van der Waals surface area contributed by atoms with E-state index in [0.29, 0.717) is 49.6 Å². The molecule has 1 aromatic carbocycles. The molecule has 0 spiro atoms. The zero-order valence-electron chi connectivity index (χ0n) is 24.7. The second kappa shape index (κ2) is 15.2. The summed E-state index contributed by atoms with van der Waals surface area (Å²) in [5.41, 5.74) is 4.94. The monoisotopic (exact) mass is 594 g/mol. The van der Waals surface area contributed by atoms with Crippen molar-refractivity contribution in [1.82, 2.24) is 25.5 Å². The van der Waals surface area contributed by atoms with Crippen LogP contribution < -0.4 is 25.4 Å². The molecule has 3 heterocycles. The van der Waals surface area contributed by atoms with E-state index < -0.39 is 6.10 Å². The highest BCUT2D eigenvalue weighted by Crippen LogP contribution is 2.30. The van der Waals surface area contributed by atoms with Crippen LogP contribution in [0.15, 0.2) is 35.1 Å². The van der Waals surface area contributed by atoms with Gasteiger partial charge in [0.05, 0.1) is 11.8 Å². The van der Waals surface area contributed by atoms with Crippen molar-refractivity contribution >= 4 is 11.7 Å². The van der Waals surface area contributed by atoms with Crippen molar-refractivity contribution < 1.29 is 23.8 Å². The van der Waals surface area contributed by atoms with E-state index in [-0.39, 0.29) is 19.9 Å². The summed E-state index contributed by atoms with van der Waals surface area (Å²) in [5.74, 6) is 2.35. The Morgan fingerprint density at radius 3 is 2.79 bits per heavy atom. The van der Waals surface area contributed by atoms with Crippen LogP contribution >= 0.6 is 0 Å². The van der Waals surface area contributed by atoms with Crippen LogP contribution in [-0.4, -0.2) is 77.9 Å². The molecule has 3 aromatic rings. The minimum absolute atomic E-state index is 0. The number of nitrogens with one attached hydrogen (secondary N) is 3. The van der Waals surface area contributed by atoms with Crippen LogP contribution in [0.4, 0.5) is 5.82 Å². The highest BCUT2D eigenvalue weighted by atomic mass is 16.5. The maximum Gasteiger partial charge on any atom is 0.251 e. The number of rotatable bonds is 14. The van der Waals surface area contributed by atoms with Crippen molar-refractivity contribution in [2.45, 2.75) is 72.3 Å². The molecule has 4 N–H and O–H groups in total. The molecule has 11 nitrogen and oxygen atoms in total. The van der Waals surface area contributed by atoms with E-state index in [1.165, 1.54) is 23.9 Å². The number of aliphatic hydroxyl groups is 1. The number of carbonyl (C=O) groups is 1. The molecule has 2 aromatic heterocycles.